The standard InChI is InChI=1S/C18H27N3O2.C6H4F3N/c1-18(2,3)20-17(23)13-7-9-21(10-8-13)11-14-5-4-6-16(19)15(14)12-22;7-6(8,9)5-3-1-2-4-10-5/h4-6,12-13H,7-11,19H2,1-3H3,(H,20,23);1-4H. The lowest BCUT2D eigenvalue weighted by Gasteiger charge is -2.33. The number of aldehydes is 1. The van der Waals surface area contributed by atoms with Crippen LogP contribution in [0.3, 0.4) is 0 Å². The first-order valence-electron chi connectivity index (χ1n) is 10.8. The number of halogens is 3. The number of hydrogen-bond donors (Lipinski definition) is 2. The van der Waals surface area contributed by atoms with Crippen molar-refractivity contribution in [3.63, 3.8) is 0 Å². The summed E-state index contributed by atoms with van der Waals surface area (Å²) in [5.74, 6) is 0.228. The molecular formula is C24H31F3N4O2. The van der Waals surface area contributed by atoms with Gasteiger partial charge in [-0.15, -0.1) is 0 Å². The predicted molar refractivity (Wildman–Crippen MR) is 121 cm³/mol. The first-order valence-corrected chi connectivity index (χ1v) is 10.8. The molecule has 2 heterocycles. The molecule has 0 radical (unpaired) electrons. The maximum atomic E-state index is 12.2. The number of benzene rings is 1. The molecule has 3 rings (SSSR count). The largest absolute Gasteiger partial charge is 0.433 e. The van der Waals surface area contributed by atoms with Gasteiger partial charge in [0.05, 0.1) is 0 Å². The van der Waals surface area contributed by atoms with Gasteiger partial charge >= 0.3 is 6.18 Å². The first-order chi connectivity index (χ1) is 15.4. The van der Waals surface area contributed by atoms with Crippen LogP contribution in [0.4, 0.5) is 18.9 Å². The van der Waals surface area contributed by atoms with Crippen molar-refractivity contribution in [2.45, 2.75) is 51.9 Å². The summed E-state index contributed by atoms with van der Waals surface area (Å²) in [5, 5.41) is 3.06. The number of carbonyl (C=O) groups is 2. The van der Waals surface area contributed by atoms with E-state index in [0.717, 1.165) is 50.0 Å². The highest BCUT2D eigenvalue weighted by atomic mass is 19.4. The number of aromatic nitrogens is 1. The third-order valence-corrected chi connectivity index (χ3v) is 5.15. The Labute approximate surface area is 192 Å². The molecule has 0 atom stereocenters. The Kier molecular flexibility index (Phi) is 8.99. The van der Waals surface area contributed by atoms with E-state index in [1.165, 1.54) is 12.1 Å². The second-order valence-electron chi connectivity index (χ2n) is 9.04. The molecule has 1 amide bonds. The Morgan fingerprint density at radius 2 is 1.82 bits per heavy atom. The SMILES string of the molecule is CC(C)(C)NC(=O)C1CCN(Cc2cccc(N)c2C=O)CC1.FC(F)(F)c1ccccn1. The number of carbonyl (C=O) groups excluding carboxylic acids is 2. The number of likely N-dealkylation sites (tertiary alicyclic amines) is 1. The molecule has 0 saturated carbocycles. The van der Waals surface area contributed by atoms with Crippen molar-refractivity contribution < 1.29 is 22.8 Å². The molecule has 9 heteroatoms. The highest BCUT2D eigenvalue weighted by Crippen LogP contribution is 2.26. The summed E-state index contributed by atoms with van der Waals surface area (Å²) in [5.41, 5.74) is 6.88. The number of anilines is 1. The summed E-state index contributed by atoms with van der Waals surface area (Å²) in [6, 6.07) is 9.24. The molecule has 1 saturated heterocycles. The molecule has 2 aromatic rings. The van der Waals surface area contributed by atoms with Crippen molar-refractivity contribution in [1.29, 1.82) is 0 Å². The van der Waals surface area contributed by atoms with Crippen molar-refractivity contribution in [3.05, 3.63) is 59.4 Å². The third kappa shape index (κ3) is 8.49. The highest BCUT2D eigenvalue weighted by Gasteiger charge is 2.31. The lowest BCUT2D eigenvalue weighted by molar-refractivity contribution is -0.141. The molecule has 0 spiro atoms. The lowest BCUT2D eigenvalue weighted by Crippen LogP contribution is -2.46. The summed E-state index contributed by atoms with van der Waals surface area (Å²) in [4.78, 5) is 28.8. The van der Waals surface area contributed by atoms with Crippen molar-refractivity contribution >= 4 is 17.9 Å². The van der Waals surface area contributed by atoms with E-state index in [1.807, 2.05) is 32.9 Å². The maximum absolute atomic E-state index is 12.2. The molecule has 0 unspecified atom stereocenters. The number of amides is 1. The van der Waals surface area contributed by atoms with E-state index < -0.39 is 11.9 Å². The summed E-state index contributed by atoms with van der Waals surface area (Å²) >= 11 is 0. The van der Waals surface area contributed by atoms with Gasteiger partial charge in [0.1, 0.15) is 5.69 Å². The Balaban J connectivity index is 0.000000321. The van der Waals surface area contributed by atoms with E-state index >= 15 is 0 Å². The molecule has 1 aromatic heterocycles. The monoisotopic (exact) mass is 464 g/mol. The van der Waals surface area contributed by atoms with Crippen LogP contribution in [0, 0.1) is 5.92 Å². The second kappa shape index (κ2) is 11.3. The Bertz CT molecular complexity index is 920. The molecule has 1 fully saturated rings. The lowest BCUT2D eigenvalue weighted by atomic mass is 9.94. The van der Waals surface area contributed by atoms with Crippen LogP contribution in [0.2, 0.25) is 0 Å². The van der Waals surface area contributed by atoms with E-state index in [2.05, 4.69) is 15.2 Å². The quantitative estimate of drug-likeness (QED) is 0.520. The van der Waals surface area contributed by atoms with Gasteiger partial charge in [-0.1, -0.05) is 18.2 Å². The van der Waals surface area contributed by atoms with Crippen molar-refractivity contribution in [3.8, 4) is 0 Å². The fourth-order valence-corrected chi connectivity index (χ4v) is 3.51. The molecule has 6 nitrogen and oxygen atoms in total. The highest BCUT2D eigenvalue weighted by molar-refractivity contribution is 5.85. The molecular weight excluding hydrogens is 433 g/mol. The number of pyridine rings is 1. The van der Waals surface area contributed by atoms with Crippen LogP contribution in [0.25, 0.3) is 0 Å². The number of piperidine rings is 1. The second-order valence-corrected chi connectivity index (χ2v) is 9.04. The number of nitrogens with two attached hydrogens (primary N) is 1. The van der Waals surface area contributed by atoms with Crippen LogP contribution in [-0.4, -0.2) is 40.7 Å². The summed E-state index contributed by atoms with van der Waals surface area (Å²) in [7, 11) is 0. The fourth-order valence-electron chi connectivity index (χ4n) is 3.51. The fraction of sp³-hybridized carbons (Fsp3) is 0.458. The Morgan fingerprint density at radius 3 is 2.30 bits per heavy atom. The zero-order chi connectivity index (χ0) is 24.6. The number of nitrogens with one attached hydrogen (secondary N) is 1. The van der Waals surface area contributed by atoms with Gasteiger partial charge in [0.2, 0.25) is 5.91 Å². The molecule has 1 aliphatic heterocycles. The van der Waals surface area contributed by atoms with Crippen LogP contribution in [0.1, 0.15) is 55.2 Å². The maximum Gasteiger partial charge on any atom is 0.433 e. The zero-order valence-corrected chi connectivity index (χ0v) is 19.2. The molecule has 1 aromatic carbocycles. The Morgan fingerprint density at radius 1 is 1.15 bits per heavy atom. The number of rotatable bonds is 4. The van der Waals surface area contributed by atoms with Crippen LogP contribution >= 0.6 is 0 Å². The smallest absolute Gasteiger partial charge is 0.398 e. The first kappa shape index (κ1) is 26.3. The molecule has 180 valence electrons. The minimum absolute atomic E-state index is 0.0804. The number of nitrogen functional groups attached to an aromatic ring is 1. The van der Waals surface area contributed by atoms with Gasteiger partial charge in [0.25, 0.3) is 0 Å². The molecule has 0 aliphatic carbocycles. The topological polar surface area (TPSA) is 88.3 Å². The van der Waals surface area contributed by atoms with Crippen LogP contribution in [0.5, 0.6) is 0 Å². The van der Waals surface area contributed by atoms with Crippen LogP contribution in [0.15, 0.2) is 42.6 Å². The van der Waals surface area contributed by atoms with Crippen LogP contribution in [-0.2, 0) is 17.5 Å². The molecule has 1 aliphatic rings. The van der Waals surface area contributed by atoms with Gasteiger partial charge in [0.15, 0.2) is 6.29 Å². The van der Waals surface area contributed by atoms with Crippen molar-refractivity contribution in [2.75, 3.05) is 18.8 Å². The van der Waals surface area contributed by atoms with Crippen LogP contribution < -0.4 is 11.1 Å². The summed E-state index contributed by atoms with van der Waals surface area (Å²) in [6.45, 7) is 8.42. The molecule has 0 bridgehead atoms. The van der Waals surface area contributed by atoms with Gasteiger partial charge in [0, 0.05) is 35.4 Å². The minimum Gasteiger partial charge on any atom is -0.398 e. The minimum atomic E-state index is -4.32. The predicted octanol–water partition coefficient (Wildman–Crippen LogP) is 4.31. The van der Waals surface area contributed by atoms with E-state index in [1.54, 1.807) is 6.07 Å². The number of alkyl halides is 3. The van der Waals surface area contributed by atoms with Crippen molar-refractivity contribution in [1.82, 2.24) is 15.2 Å². The zero-order valence-electron chi connectivity index (χ0n) is 19.2. The van der Waals surface area contributed by atoms with Gasteiger partial charge < -0.3 is 11.1 Å². The number of nitrogens with zero attached hydrogens (tertiary/aromatic N) is 2. The van der Waals surface area contributed by atoms with E-state index in [9.17, 15) is 22.8 Å². The van der Waals surface area contributed by atoms with E-state index in [-0.39, 0.29) is 17.4 Å². The van der Waals surface area contributed by atoms with Crippen molar-refractivity contribution in [2.24, 2.45) is 5.92 Å². The number of hydrogen-bond acceptors (Lipinski definition) is 5. The molecule has 3 N–H and O–H groups in total. The normalized spacial score (nSPS) is 15.3. The third-order valence-electron chi connectivity index (χ3n) is 5.15. The van der Waals surface area contributed by atoms with Gasteiger partial charge in [-0.2, -0.15) is 13.2 Å². The average molecular weight is 465 g/mol. The molecule has 33 heavy (non-hydrogen) atoms. The average Bonchev–Trinajstić information content (AvgIpc) is 2.74. The van der Waals surface area contributed by atoms with Gasteiger partial charge in [-0.3, -0.25) is 19.5 Å². The van der Waals surface area contributed by atoms with Gasteiger partial charge in [-0.05, 0) is 70.5 Å². The summed E-state index contributed by atoms with van der Waals surface area (Å²) < 4.78 is 35.2. The van der Waals surface area contributed by atoms with Gasteiger partial charge in [-0.25, -0.2) is 0 Å². The summed E-state index contributed by atoms with van der Waals surface area (Å²) in [6.07, 6.45) is -0.681. The van der Waals surface area contributed by atoms with E-state index in [4.69, 9.17) is 5.73 Å². The van der Waals surface area contributed by atoms with E-state index in [0.29, 0.717) is 17.8 Å². The Hall–Kier alpha value is -2.94.